The van der Waals surface area contributed by atoms with Crippen LogP contribution in [0.1, 0.15) is 38.7 Å². The van der Waals surface area contributed by atoms with Crippen LogP contribution in [0.2, 0.25) is 0 Å². The summed E-state index contributed by atoms with van der Waals surface area (Å²) >= 11 is 0. The van der Waals surface area contributed by atoms with Gasteiger partial charge in [0.05, 0.1) is 7.11 Å². The first-order valence-corrected chi connectivity index (χ1v) is 7.09. The lowest BCUT2D eigenvalue weighted by Crippen LogP contribution is -2.44. The van der Waals surface area contributed by atoms with E-state index < -0.39 is 0 Å². The van der Waals surface area contributed by atoms with E-state index in [1.165, 1.54) is 31.4 Å². The normalized spacial score (nSPS) is 23.7. The number of halogens is 1. The molecule has 0 aliphatic carbocycles. The fourth-order valence-corrected chi connectivity index (χ4v) is 2.97. The molecule has 0 radical (unpaired) electrons. The summed E-state index contributed by atoms with van der Waals surface area (Å²) in [6, 6.07) is 9.95. The number of rotatable bonds is 4. The van der Waals surface area contributed by atoms with Gasteiger partial charge in [-0.2, -0.15) is 0 Å². The number of hydrogen-bond donors (Lipinski definition) is 0. The van der Waals surface area contributed by atoms with Crippen LogP contribution in [0.25, 0.3) is 0 Å². The van der Waals surface area contributed by atoms with Gasteiger partial charge >= 0.3 is 0 Å². The fraction of sp³-hybridized carbons (Fsp3) is 0.625. The summed E-state index contributed by atoms with van der Waals surface area (Å²) < 4.78 is 5.19. The van der Waals surface area contributed by atoms with E-state index in [2.05, 4.69) is 43.0 Å². The van der Waals surface area contributed by atoms with Gasteiger partial charge in [-0.15, -0.1) is 12.4 Å². The highest BCUT2D eigenvalue weighted by atomic mass is 35.5. The van der Waals surface area contributed by atoms with Crippen LogP contribution in [-0.2, 0) is 6.42 Å². The largest absolute Gasteiger partial charge is 0.497 e. The van der Waals surface area contributed by atoms with E-state index in [1.807, 2.05) is 0 Å². The third-order valence-electron chi connectivity index (χ3n) is 4.19. The summed E-state index contributed by atoms with van der Waals surface area (Å²) in [5.74, 6) is 0.943. The molecule has 1 saturated heterocycles. The molecule has 1 heterocycles. The Kier molecular flexibility index (Phi) is 6.67. The van der Waals surface area contributed by atoms with E-state index in [-0.39, 0.29) is 12.4 Å². The summed E-state index contributed by atoms with van der Waals surface area (Å²) in [5, 5.41) is 0. The molecule has 1 aromatic rings. The predicted molar refractivity (Wildman–Crippen MR) is 83.4 cm³/mol. The smallest absolute Gasteiger partial charge is 0.118 e. The molecule has 1 aromatic carbocycles. The Bertz CT molecular complexity index is 356. The molecule has 0 amide bonds. The molecular weight excluding hydrogens is 258 g/mol. The molecule has 0 N–H and O–H groups in total. The van der Waals surface area contributed by atoms with Crippen molar-refractivity contribution in [1.29, 1.82) is 0 Å². The first-order valence-electron chi connectivity index (χ1n) is 7.09. The third-order valence-corrected chi connectivity index (χ3v) is 4.19. The summed E-state index contributed by atoms with van der Waals surface area (Å²) in [6.07, 6.45) is 5.24. The Morgan fingerprint density at radius 3 is 2.21 bits per heavy atom. The molecule has 2 unspecified atom stereocenters. The number of benzene rings is 1. The minimum Gasteiger partial charge on any atom is -0.497 e. The molecular formula is C16H26ClNO. The summed E-state index contributed by atoms with van der Waals surface area (Å²) in [7, 11) is 1.71. The Labute approximate surface area is 123 Å². The van der Waals surface area contributed by atoms with Gasteiger partial charge in [-0.3, -0.25) is 4.90 Å². The number of nitrogens with zero attached hydrogens (tertiary/aromatic N) is 1. The lowest BCUT2D eigenvalue weighted by Gasteiger charge is -2.39. The van der Waals surface area contributed by atoms with Crippen molar-refractivity contribution in [2.24, 2.45) is 0 Å². The molecule has 108 valence electrons. The molecule has 1 aliphatic heterocycles. The van der Waals surface area contributed by atoms with Crippen molar-refractivity contribution in [3.8, 4) is 5.75 Å². The van der Waals surface area contributed by atoms with Gasteiger partial charge in [0.1, 0.15) is 5.75 Å². The van der Waals surface area contributed by atoms with E-state index in [0.29, 0.717) is 0 Å². The quantitative estimate of drug-likeness (QED) is 0.830. The number of ether oxygens (including phenoxy) is 1. The predicted octanol–water partition coefficient (Wildman–Crippen LogP) is 3.92. The number of likely N-dealkylation sites (tertiary alicyclic amines) is 1. The van der Waals surface area contributed by atoms with E-state index in [1.54, 1.807) is 7.11 Å². The van der Waals surface area contributed by atoms with Crippen molar-refractivity contribution >= 4 is 12.4 Å². The van der Waals surface area contributed by atoms with Crippen LogP contribution in [0, 0.1) is 0 Å². The first kappa shape index (κ1) is 16.3. The van der Waals surface area contributed by atoms with Crippen LogP contribution in [-0.4, -0.2) is 30.6 Å². The molecule has 1 aliphatic rings. The highest BCUT2D eigenvalue weighted by molar-refractivity contribution is 5.85. The van der Waals surface area contributed by atoms with Gasteiger partial charge < -0.3 is 4.74 Å². The molecule has 19 heavy (non-hydrogen) atoms. The van der Waals surface area contributed by atoms with Gasteiger partial charge in [0.25, 0.3) is 0 Å². The molecule has 1 fully saturated rings. The second-order valence-electron chi connectivity index (χ2n) is 5.46. The average Bonchev–Trinajstić information content (AvgIpc) is 2.39. The molecule has 0 bridgehead atoms. The van der Waals surface area contributed by atoms with Gasteiger partial charge in [0.2, 0.25) is 0 Å². The van der Waals surface area contributed by atoms with Gasteiger partial charge in [-0.1, -0.05) is 18.6 Å². The minimum absolute atomic E-state index is 0. The molecule has 0 aromatic heterocycles. The molecule has 0 saturated carbocycles. The second-order valence-corrected chi connectivity index (χ2v) is 5.46. The zero-order chi connectivity index (χ0) is 13.0. The summed E-state index contributed by atoms with van der Waals surface area (Å²) in [5.41, 5.74) is 1.40. The van der Waals surface area contributed by atoms with E-state index in [0.717, 1.165) is 24.3 Å². The van der Waals surface area contributed by atoms with Crippen molar-refractivity contribution in [2.45, 2.75) is 51.6 Å². The molecule has 2 atom stereocenters. The minimum atomic E-state index is 0. The lowest BCUT2D eigenvalue weighted by atomic mass is 9.97. The van der Waals surface area contributed by atoms with Crippen LogP contribution < -0.4 is 4.74 Å². The van der Waals surface area contributed by atoms with Gasteiger partial charge in [-0.05, 0) is 50.8 Å². The number of hydrogen-bond acceptors (Lipinski definition) is 2. The topological polar surface area (TPSA) is 12.5 Å². The Balaban J connectivity index is 0.00000180. The maximum atomic E-state index is 5.19. The van der Waals surface area contributed by atoms with Crippen molar-refractivity contribution in [2.75, 3.05) is 13.7 Å². The van der Waals surface area contributed by atoms with Crippen LogP contribution >= 0.6 is 12.4 Å². The third kappa shape index (κ3) is 4.39. The van der Waals surface area contributed by atoms with Crippen LogP contribution in [0.4, 0.5) is 0 Å². The second kappa shape index (κ2) is 7.76. The van der Waals surface area contributed by atoms with E-state index >= 15 is 0 Å². The highest BCUT2D eigenvalue weighted by Crippen LogP contribution is 2.22. The van der Waals surface area contributed by atoms with Crippen LogP contribution in [0.15, 0.2) is 24.3 Å². The average molecular weight is 284 g/mol. The first-order chi connectivity index (χ1) is 8.70. The Hall–Kier alpha value is -0.730. The zero-order valence-corrected chi connectivity index (χ0v) is 13.1. The number of methoxy groups -OCH3 is 1. The maximum Gasteiger partial charge on any atom is 0.118 e. The van der Waals surface area contributed by atoms with Gasteiger partial charge in [0, 0.05) is 18.6 Å². The van der Waals surface area contributed by atoms with Crippen LogP contribution in [0.5, 0.6) is 5.75 Å². The summed E-state index contributed by atoms with van der Waals surface area (Å²) in [4.78, 5) is 2.66. The molecule has 2 rings (SSSR count). The number of piperidine rings is 1. The van der Waals surface area contributed by atoms with Gasteiger partial charge in [0.15, 0.2) is 0 Å². The SMILES string of the molecule is COc1ccc(CCN2C(C)CCCC2C)cc1.Cl. The van der Waals surface area contributed by atoms with Gasteiger partial charge in [-0.25, -0.2) is 0 Å². The van der Waals surface area contributed by atoms with Crippen molar-refractivity contribution in [3.05, 3.63) is 29.8 Å². The maximum absolute atomic E-state index is 5.19. The molecule has 0 spiro atoms. The van der Waals surface area contributed by atoms with Crippen molar-refractivity contribution < 1.29 is 4.74 Å². The van der Waals surface area contributed by atoms with Crippen LogP contribution in [0.3, 0.4) is 0 Å². The van der Waals surface area contributed by atoms with E-state index in [4.69, 9.17) is 4.74 Å². The highest BCUT2D eigenvalue weighted by Gasteiger charge is 2.23. The molecule has 3 heteroatoms. The zero-order valence-electron chi connectivity index (χ0n) is 12.3. The fourth-order valence-electron chi connectivity index (χ4n) is 2.97. The Morgan fingerprint density at radius 2 is 1.68 bits per heavy atom. The molecule has 2 nitrogen and oxygen atoms in total. The summed E-state index contributed by atoms with van der Waals surface area (Å²) in [6.45, 7) is 5.90. The lowest BCUT2D eigenvalue weighted by molar-refractivity contribution is 0.105. The standard InChI is InChI=1S/C16H25NO.ClH/c1-13-5-4-6-14(2)17(13)12-11-15-7-9-16(18-3)10-8-15;/h7-10,13-14H,4-6,11-12H2,1-3H3;1H. The van der Waals surface area contributed by atoms with Crippen molar-refractivity contribution in [3.63, 3.8) is 0 Å². The monoisotopic (exact) mass is 283 g/mol. The Morgan fingerprint density at radius 1 is 1.11 bits per heavy atom. The van der Waals surface area contributed by atoms with Crippen molar-refractivity contribution in [1.82, 2.24) is 4.90 Å². The van der Waals surface area contributed by atoms with E-state index in [9.17, 15) is 0 Å².